The fourth-order valence-electron chi connectivity index (χ4n) is 9.47. The van der Waals surface area contributed by atoms with E-state index >= 15 is 0 Å². The number of benzene rings is 11. The van der Waals surface area contributed by atoms with Crippen LogP contribution in [-0.4, -0.2) is 9.97 Å². The average Bonchev–Trinajstić information content (AvgIpc) is 3.46. The monoisotopic (exact) mass is 905 g/mol. The second-order valence-electron chi connectivity index (χ2n) is 17.8. The molecule has 3 heteroatoms. The molecule has 0 aliphatic carbocycles. The summed E-state index contributed by atoms with van der Waals surface area (Å²) in [5.74, 6) is 0.703. The highest BCUT2D eigenvalue weighted by molar-refractivity contribution is 5.88. The highest BCUT2D eigenvalue weighted by Gasteiger charge is 2.16. The number of nitrogens with zero attached hydrogens (tertiary/aromatic N) is 3. The molecule has 0 unspecified atom stereocenters. The lowest BCUT2D eigenvalue weighted by molar-refractivity contribution is 1.18. The summed E-state index contributed by atoms with van der Waals surface area (Å²) in [6.07, 6.45) is 0. The third kappa shape index (κ3) is 9.16. The first kappa shape index (κ1) is 42.9. The van der Waals surface area contributed by atoms with Gasteiger partial charge in [0.15, 0.2) is 5.82 Å². The first-order valence-corrected chi connectivity index (χ1v) is 24.1. The van der Waals surface area contributed by atoms with Crippen molar-refractivity contribution in [3.05, 3.63) is 285 Å². The molecule has 1 heterocycles. The average molecular weight is 906 g/mol. The van der Waals surface area contributed by atoms with Crippen molar-refractivity contribution in [3.8, 4) is 89.5 Å². The van der Waals surface area contributed by atoms with E-state index in [1.165, 1.54) is 55.3 Å². The van der Waals surface area contributed by atoms with Gasteiger partial charge in [0, 0.05) is 33.8 Å². The summed E-state index contributed by atoms with van der Waals surface area (Å²) in [6, 6.07) is 101. The van der Waals surface area contributed by atoms with E-state index in [4.69, 9.17) is 9.97 Å². The van der Waals surface area contributed by atoms with Crippen LogP contribution in [-0.2, 0) is 0 Å². The third-order valence-electron chi connectivity index (χ3n) is 13.3. The molecule has 0 atom stereocenters. The van der Waals surface area contributed by atoms with Crippen LogP contribution >= 0.6 is 0 Å². The zero-order chi connectivity index (χ0) is 47.3. The van der Waals surface area contributed by atoms with Gasteiger partial charge in [-0.1, -0.05) is 237 Å². The van der Waals surface area contributed by atoms with Crippen molar-refractivity contribution in [1.82, 2.24) is 9.97 Å². The summed E-state index contributed by atoms with van der Waals surface area (Å²) in [5, 5.41) is 2.39. The van der Waals surface area contributed by atoms with Gasteiger partial charge in [0.1, 0.15) is 0 Å². The highest BCUT2D eigenvalue weighted by atomic mass is 15.1. The summed E-state index contributed by atoms with van der Waals surface area (Å²) in [6.45, 7) is 0. The van der Waals surface area contributed by atoms with Crippen molar-refractivity contribution in [2.24, 2.45) is 0 Å². The number of fused-ring (bicyclic) bond motifs is 1. The van der Waals surface area contributed by atoms with Gasteiger partial charge in [0.2, 0.25) is 0 Å². The zero-order valence-corrected chi connectivity index (χ0v) is 39.0. The van der Waals surface area contributed by atoms with E-state index in [1.807, 2.05) is 18.2 Å². The van der Waals surface area contributed by atoms with Crippen molar-refractivity contribution < 1.29 is 0 Å². The van der Waals surface area contributed by atoms with Crippen LogP contribution in [0.5, 0.6) is 0 Å². The summed E-state index contributed by atoms with van der Waals surface area (Å²) in [5.41, 5.74) is 19.9. The van der Waals surface area contributed by atoms with Crippen molar-refractivity contribution in [1.29, 1.82) is 0 Å². The molecule has 0 saturated carbocycles. The summed E-state index contributed by atoms with van der Waals surface area (Å²) < 4.78 is 0. The van der Waals surface area contributed by atoms with Gasteiger partial charge >= 0.3 is 0 Å². The Labute approximate surface area is 415 Å². The maximum absolute atomic E-state index is 5.11. The molecule has 0 radical (unpaired) electrons. The Kier molecular flexibility index (Phi) is 11.6. The standard InChI is InChI=1S/C68H47N3/c1-4-12-48(13-5-1)51-20-24-53(25-21-51)56-34-40-63(41-35-56)71(64-42-36-57(37-43-64)54-26-22-52(23-27-54)49-14-6-2-7-15-49)65-44-38-58(39-45-65)55-28-31-59(32-29-55)66-47-67(70-68(69-66)60-17-8-3-9-18-60)62-33-30-50-16-10-11-19-61(50)46-62/h1-47H. The molecule has 334 valence electrons. The van der Waals surface area contributed by atoms with Gasteiger partial charge in [0.05, 0.1) is 11.4 Å². The van der Waals surface area contributed by atoms with E-state index in [1.54, 1.807) is 0 Å². The molecule has 0 fully saturated rings. The predicted octanol–water partition coefficient (Wildman–Crippen LogP) is 18.4. The predicted molar refractivity (Wildman–Crippen MR) is 298 cm³/mol. The van der Waals surface area contributed by atoms with Gasteiger partial charge in [-0.3, -0.25) is 0 Å². The summed E-state index contributed by atoms with van der Waals surface area (Å²) in [7, 11) is 0. The van der Waals surface area contributed by atoms with E-state index in [9.17, 15) is 0 Å². The van der Waals surface area contributed by atoms with Crippen LogP contribution < -0.4 is 4.90 Å². The fourth-order valence-corrected chi connectivity index (χ4v) is 9.47. The van der Waals surface area contributed by atoms with Gasteiger partial charge in [-0.2, -0.15) is 0 Å². The minimum absolute atomic E-state index is 0.703. The Bertz CT molecular complexity index is 3600. The normalized spacial score (nSPS) is 11.1. The van der Waals surface area contributed by atoms with E-state index in [-0.39, 0.29) is 0 Å². The zero-order valence-electron chi connectivity index (χ0n) is 39.0. The maximum Gasteiger partial charge on any atom is 0.160 e. The third-order valence-corrected chi connectivity index (χ3v) is 13.3. The molecule has 12 rings (SSSR count). The Morgan fingerprint density at radius 2 is 0.479 bits per heavy atom. The molecule has 1 aromatic heterocycles. The van der Waals surface area contributed by atoms with Gasteiger partial charge in [0.25, 0.3) is 0 Å². The molecule has 3 nitrogen and oxygen atoms in total. The van der Waals surface area contributed by atoms with Crippen LogP contribution in [0.3, 0.4) is 0 Å². The van der Waals surface area contributed by atoms with E-state index < -0.39 is 0 Å². The molecule has 71 heavy (non-hydrogen) atoms. The van der Waals surface area contributed by atoms with Crippen LogP contribution in [0, 0.1) is 0 Å². The molecule has 12 aromatic rings. The Hall–Kier alpha value is -9.44. The highest BCUT2D eigenvalue weighted by Crippen LogP contribution is 2.39. The largest absolute Gasteiger partial charge is 0.311 e. The van der Waals surface area contributed by atoms with Crippen molar-refractivity contribution in [3.63, 3.8) is 0 Å². The minimum Gasteiger partial charge on any atom is -0.311 e. The fraction of sp³-hybridized carbons (Fsp3) is 0. The summed E-state index contributed by atoms with van der Waals surface area (Å²) >= 11 is 0. The molecule has 0 bridgehead atoms. The lowest BCUT2D eigenvalue weighted by Crippen LogP contribution is -2.09. The lowest BCUT2D eigenvalue weighted by Gasteiger charge is -2.26. The van der Waals surface area contributed by atoms with Crippen molar-refractivity contribution >= 4 is 27.8 Å². The van der Waals surface area contributed by atoms with Crippen LogP contribution in [0.15, 0.2) is 285 Å². The minimum atomic E-state index is 0.703. The van der Waals surface area contributed by atoms with Gasteiger partial charge < -0.3 is 4.90 Å². The molecule has 0 amide bonds. The Morgan fingerprint density at radius 3 is 0.873 bits per heavy atom. The number of anilines is 3. The molecule has 0 spiro atoms. The molecular formula is C68H47N3. The Morgan fingerprint density at radius 1 is 0.197 bits per heavy atom. The van der Waals surface area contributed by atoms with Crippen LogP contribution in [0.1, 0.15) is 0 Å². The number of aromatic nitrogens is 2. The molecule has 0 saturated heterocycles. The van der Waals surface area contributed by atoms with E-state index in [2.05, 4.69) is 272 Å². The van der Waals surface area contributed by atoms with Gasteiger partial charge in [-0.05, 0) is 115 Å². The molecule has 11 aromatic carbocycles. The quantitative estimate of drug-likeness (QED) is 0.129. The lowest BCUT2D eigenvalue weighted by atomic mass is 9.99. The maximum atomic E-state index is 5.11. The first-order valence-electron chi connectivity index (χ1n) is 24.1. The topological polar surface area (TPSA) is 29.0 Å². The van der Waals surface area contributed by atoms with Crippen molar-refractivity contribution in [2.75, 3.05) is 4.90 Å². The second-order valence-corrected chi connectivity index (χ2v) is 17.8. The molecule has 0 aliphatic rings. The van der Waals surface area contributed by atoms with Crippen LogP contribution in [0.4, 0.5) is 17.1 Å². The first-order chi connectivity index (χ1) is 35.1. The van der Waals surface area contributed by atoms with Crippen molar-refractivity contribution in [2.45, 2.75) is 0 Å². The molecule has 0 N–H and O–H groups in total. The SMILES string of the molecule is c1ccc(-c2ccc(-c3ccc(N(c4ccc(-c5ccc(-c6ccccc6)cc5)cc4)c4ccc(-c5ccc(-c6cc(-c7ccc8ccccc8c7)nc(-c7ccccc7)n6)cc5)cc4)cc3)cc2)cc1. The number of hydrogen-bond donors (Lipinski definition) is 0. The van der Waals surface area contributed by atoms with Gasteiger partial charge in [-0.15, -0.1) is 0 Å². The number of hydrogen-bond acceptors (Lipinski definition) is 3. The van der Waals surface area contributed by atoms with E-state index in [0.29, 0.717) is 5.82 Å². The summed E-state index contributed by atoms with van der Waals surface area (Å²) in [4.78, 5) is 12.5. The smallest absolute Gasteiger partial charge is 0.160 e. The molecular weight excluding hydrogens is 859 g/mol. The van der Waals surface area contributed by atoms with Gasteiger partial charge in [-0.25, -0.2) is 9.97 Å². The second kappa shape index (κ2) is 19.3. The number of rotatable bonds is 11. The van der Waals surface area contributed by atoms with E-state index in [0.717, 1.165) is 56.3 Å². The van der Waals surface area contributed by atoms with Crippen LogP contribution in [0.2, 0.25) is 0 Å². The Balaban J connectivity index is 0.847. The van der Waals surface area contributed by atoms with Crippen LogP contribution in [0.25, 0.3) is 100 Å². The molecule has 0 aliphatic heterocycles.